The average molecular weight is 291 g/mol. The van der Waals surface area contributed by atoms with Gasteiger partial charge in [-0.25, -0.2) is 0 Å². The summed E-state index contributed by atoms with van der Waals surface area (Å²) in [5, 5.41) is 10.8. The summed E-state index contributed by atoms with van der Waals surface area (Å²) < 4.78 is 0. The van der Waals surface area contributed by atoms with Crippen molar-refractivity contribution in [2.24, 2.45) is 0 Å². The van der Waals surface area contributed by atoms with Crippen LogP contribution in [0.3, 0.4) is 0 Å². The fourth-order valence-electron chi connectivity index (χ4n) is 2.75. The summed E-state index contributed by atoms with van der Waals surface area (Å²) in [5.41, 5.74) is 1.08. The summed E-state index contributed by atoms with van der Waals surface area (Å²) in [4.78, 5) is 26.9. The molecule has 0 atom stereocenters. The molecule has 114 valence electrons. The molecule has 0 unspecified atom stereocenters. The number of carbonyl (C=O) groups excluding carboxylic acids is 1. The van der Waals surface area contributed by atoms with Crippen LogP contribution in [-0.4, -0.2) is 53.9 Å². The van der Waals surface area contributed by atoms with Crippen molar-refractivity contribution in [1.82, 2.24) is 9.80 Å². The first-order valence-electron chi connectivity index (χ1n) is 7.11. The van der Waals surface area contributed by atoms with Crippen molar-refractivity contribution in [2.75, 3.05) is 27.2 Å². The second-order valence-electron chi connectivity index (χ2n) is 5.71. The van der Waals surface area contributed by atoms with Crippen molar-refractivity contribution in [1.29, 1.82) is 0 Å². The molecule has 0 spiro atoms. The van der Waals surface area contributed by atoms with E-state index < -0.39 is 4.92 Å². The predicted molar refractivity (Wildman–Crippen MR) is 80.4 cm³/mol. The number of rotatable bonds is 3. The minimum absolute atomic E-state index is 0.0495. The summed E-state index contributed by atoms with van der Waals surface area (Å²) in [5.74, 6) is -0.0671. The molecular formula is C15H21N3O3. The zero-order valence-corrected chi connectivity index (χ0v) is 12.7. The van der Waals surface area contributed by atoms with E-state index in [0.717, 1.165) is 25.9 Å². The maximum atomic E-state index is 12.5. The molecule has 0 saturated carbocycles. The zero-order valence-electron chi connectivity index (χ0n) is 12.7. The minimum Gasteiger partial charge on any atom is -0.339 e. The number of likely N-dealkylation sites (tertiary alicyclic amines) is 1. The van der Waals surface area contributed by atoms with Crippen LogP contribution in [0.2, 0.25) is 0 Å². The number of nitrogens with zero attached hydrogens (tertiary/aromatic N) is 3. The molecule has 0 radical (unpaired) electrons. The highest BCUT2D eigenvalue weighted by Gasteiger charge is 2.25. The molecule has 1 heterocycles. The van der Waals surface area contributed by atoms with E-state index in [9.17, 15) is 14.9 Å². The number of nitro benzene ring substituents is 1. The maximum Gasteiger partial charge on any atom is 0.272 e. The third kappa shape index (κ3) is 3.39. The molecule has 0 N–H and O–H groups in total. The molecule has 1 fully saturated rings. The van der Waals surface area contributed by atoms with Gasteiger partial charge in [0.2, 0.25) is 0 Å². The molecule has 1 aliphatic rings. The van der Waals surface area contributed by atoms with Crippen molar-refractivity contribution in [3.8, 4) is 0 Å². The predicted octanol–water partition coefficient (Wildman–Crippen LogP) is 2.07. The Balaban J connectivity index is 2.12. The third-order valence-corrected chi connectivity index (χ3v) is 4.20. The topological polar surface area (TPSA) is 66.7 Å². The number of benzene rings is 1. The molecule has 1 aliphatic heterocycles. The van der Waals surface area contributed by atoms with Gasteiger partial charge in [0.15, 0.2) is 0 Å². The zero-order chi connectivity index (χ0) is 15.6. The van der Waals surface area contributed by atoms with E-state index >= 15 is 0 Å². The first kappa shape index (κ1) is 15.4. The van der Waals surface area contributed by atoms with E-state index in [0.29, 0.717) is 11.1 Å². The summed E-state index contributed by atoms with van der Waals surface area (Å²) in [6, 6.07) is 4.79. The quantitative estimate of drug-likeness (QED) is 0.631. The number of amides is 1. The summed E-state index contributed by atoms with van der Waals surface area (Å²) in [7, 11) is 3.90. The lowest BCUT2D eigenvalue weighted by Gasteiger charge is -2.35. The highest BCUT2D eigenvalue weighted by atomic mass is 16.6. The smallest absolute Gasteiger partial charge is 0.272 e. The monoisotopic (exact) mass is 291 g/mol. The van der Waals surface area contributed by atoms with Crippen LogP contribution in [0.15, 0.2) is 18.2 Å². The normalized spacial score (nSPS) is 16.7. The Hall–Kier alpha value is -1.95. The van der Waals surface area contributed by atoms with Crippen molar-refractivity contribution in [2.45, 2.75) is 25.8 Å². The Morgan fingerprint density at radius 3 is 2.52 bits per heavy atom. The Kier molecular flexibility index (Phi) is 4.57. The first-order valence-corrected chi connectivity index (χ1v) is 7.11. The fourth-order valence-corrected chi connectivity index (χ4v) is 2.75. The lowest BCUT2D eigenvalue weighted by atomic mass is 10.0. The molecule has 2 rings (SSSR count). The van der Waals surface area contributed by atoms with Crippen molar-refractivity contribution >= 4 is 11.6 Å². The summed E-state index contributed by atoms with van der Waals surface area (Å²) >= 11 is 0. The van der Waals surface area contributed by atoms with Gasteiger partial charge < -0.3 is 9.80 Å². The van der Waals surface area contributed by atoms with Gasteiger partial charge >= 0.3 is 0 Å². The average Bonchev–Trinajstić information content (AvgIpc) is 2.46. The van der Waals surface area contributed by atoms with Gasteiger partial charge in [-0.05, 0) is 52.0 Å². The molecular weight excluding hydrogens is 270 g/mol. The number of carbonyl (C=O) groups is 1. The number of hydrogen-bond donors (Lipinski definition) is 0. The molecule has 0 aliphatic carbocycles. The molecule has 1 saturated heterocycles. The van der Waals surface area contributed by atoms with Gasteiger partial charge in [-0.1, -0.05) is 0 Å². The first-order chi connectivity index (χ1) is 9.90. The van der Waals surface area contributed by atoms with Crippen molar-refractivity contribution < 1.29 is 9.72 Å². The Morgan fingerprint density at radius 2 is 2.00 bits per heavy atom. The maximum absolute atomic E-state index is 12.5. The second kappa shape index (κ2) is 6.22. The van der Waals surface area contributed by atoms with Gasteiger partial charge in [-0.15, -0.1) is 0 Å². The molecule has 6 heteroatoms. The molecule has 6 nitrogen and oxygen atoms in total. The van der Waals surface area contributed by atoms with E-state index in [4.69, 9.17) is 0 Å². The van der Waals surface area contributed by atoms with Gasteiger partial charge in [-0.3, -0.25) is 14.9 Å². The standard InChI is InChI=1S/C15H21N3O3/c1-11-10-12(4-5-14(11)18(20)21)15(19)17(3)13-6-8-16(2)9-7-13/h4-5,10,13H,6-9H2,1-3H3. The molecule has 1 amide bonds. The van der Waals surface area contributed by atoms with Crippen LogP contribution in [0.1, 0.15) is 28.8 Å². The van der Waals surface area contributed by atoms with Gasteiger partial charge in [-0.2, -0.15) is 0 Å². The SMILES string of the molecule is Cc1cc(C(=O)N(C)C2CCN(C)CC2)ccc1[N+](=O)[O-]. The fraction of sp³-hybridized carbons (Fsp3) is 0.533. The lowest BCUT2D eigenvalue weighted by molar-refractivity contribution is -0.385. The number of piperidine rings is 1. The molecule has 0 aromatic heterocycles. The van der Waals surface area contributed by atoms with E-state index in [1.165, 1.54) is 6.07 Å². The number of nitro groups is 1. The van der Waals surface area contributed by atoms with Crippen LogP contribution in [0, 0.1) is 17.0 Å². The molecule has 21 heavy (non-hydrogen) atoms. The van der Waals surface area contributed by atoms with E-state index in [-0.39, 0.29) is 17.6 Å². The van der Waals surface area contributed by atoms with Crippen LogP contribution in [0.5, 0.6) is 0 Å². The molecule has 0 bridgehead atoms. The summed E-state index contributed by atoms with van der Waals surface area (Å²) in [6.45, 7) is 3.63. The van der Waals surface area contributed by atoms with Gasteiger partial charge in [0.25, 0.3) is 11.6 Å². The van der Waals surface area contributed by atoms with Gasteiger partial charge in [0.05, 0.1) is 4.92 Å². The third-order valence-electron chi connectivity index (χ3n) is 4.20. The van der Waals surface area contributed by atoms with Gasteiger partial charge in [0.1, 0.15) is 0 Å². The van der Waals surface area contributed by atoms with Crippen molar-refractivity contribution in [3.63, 3.8) is 0 Å². The van der Waals surface area contributed by atoms with Crippen LogP contribution in [0.4, 0.5) is 5.69 Å². The lowest BCUT2D eigenvalue weighted by Crippen LogP contribution is -2.44. The van der Waals surface area contributed by atoms with Crippen LogP contribution in [0.25, 0.3) is 0 Å². The highest BCUT2D eigenvalue weighted by molar-refractivity contribution is 5.94. The highest BCUT2D eigenvalue weighted by Crippen LogP contribution is 2.21. The Labute approximate surface area is 124 Å². The number of aryl methyl sites for hydroxylation is 1. The van der Waals surface area contributed by atoms with Crippen LogP contribution >= 0.6 is 0 Å². The minimum atomic E-state index is -0.426. The number of hydrogen-bond acceptors (Lipinski definition) is 4. The largest absolute Gasteiger partial charge is 0.339 e. The Bertz CT molecular complexity index is 551. The Morgan fingerprint density at radius 1 is 1.38 bits per heavy atom. The molecule has 1 aromatic carbocycles. The van der Waals surface area contributed by atoms with E-state index in [2.05, 4.69) is 11.9 Å². The molecule has 1 aromatic rings. The van der Waals surface area contributed by atoms with E-state index in [1.54, 1.807) is 24.0 Å². The van der Waals surface area contributed by atoms with Gasteiger partial charge in [0, 0.05) is 30.3 Å². The van der Waals surface area contributed by atoms with E-state index in [1.807, 2.05) is 7.05 Å². The van der Waals surface area contributed by atoms with Crippen molar-refractivity contribution in [3.05, 3.63) is 39.4 Å². The summed E-state index contributed by atoms with van der Waals surface area (Å²) in [6.07, 6.45) is 1.93. The second-order valence-corrected chi connectivity index (χ2v) is 5.71. The van der Waals surface area contributed by atoms with Crippen LogP contribution in [-0.2, 0) is 0 Å². The van der Waals surface area contributed by atoms with Crippen LogP contribution < -0.4 is 0 Å².